The lowest BCUT2D eigenvalue weighted by Crippen LogP contribution is -2.42. The van der Waals surface area contributed by atoms with Gasteiger partial charge < -0.3 is 0 Å². The van der Waals surface area contributed by atoms with Gasteiger partial charge in [-0.2, -0.15) is 0 Å². The Morgan fingerprint density at radius 1 is 0.458 bits per heavy atom. The van der Waals surface area contributed by atoms with Gasteiger partial charge in [0, 0.05) is 63.7 Å². The Hall–Kier alpha value is -1.65. The third kappa shape index (κ3) is 6.05. The molecule has 0 N–H and O–H groups in total. The zero-order valence-corrected chi connectivity index (χ0v) is 32.0. The number of rotatable bonds is 0. The first-order valence-electron chi connectivity index (χ1n) is 19.8. The zero-order valence-electron chi connectivity index (χ0n) is 32.0. The van der Waals surface area contributed by atoms with Gasteiger partial charge >= 0.3 is 0 Å². The highest BCUT2D eigenvalue weighted by Crippen LogP contribution is 2.66. The summed E-state index contributed by atoms with van der Waals surface area (Å²) < 4.78 is 0. The van der Waals surface area contributed by atoms with Crippen molar-refractivity contribution >= 4 is 28.9 Å². The first-order valence-corrected chi connectivity index (χ1v) is 19.8. The largest absolute Gasteiger partial charge is 0.300 e. The molecule has 5 nitrogen and oxygen atoms in total. The maximum atomic E-state index is 11.1. The predicted molar refractivity (Wildman–Crippen MR) is 189 cm³/mol. The van der Waals surface area contributed by atoms with Gasteiger partial charge in [0.1, 0.15) is 28.9 Å². The van der Waals surface area contributed by atoms with Crippen LogP contribution in [0.25, 0.3) is 0 Å². The van der Waals surface area contributed by atoms with E-state index in [1.807, 2.05) is 0 Å². The van der Waals surface area contributed by atoms with Gasteiger partial charge in [0.05, 0.1) is 0 Å². The van der Waals surface area contributed by atoms with Crippen LogP contribution >= 0.6 is 0 Å². The second-order valence-electron chi connectivity index (χ2n) is 20.4. The smallest absolute Gasteiger partial charge is 0.136 e. The van der Waals surface area contributed by atoms with Crippen LogP contribution in [0.3, 0.4) is 0 Å². The molecule has 10 rings (SSSR count). The first-order chi connectivity index (χ1) is 22.2. The molecule has 0 aromatic heterocycles. The Kier molecular flexibility index (Phi) is 9.22. The third-order valence-electron chi connectivity index (χ3n) is 17.5. The van der Waals surface area contributed by atoms with Crippen LogP contribution in [-0.4, -0.2) is 28.9 Å². The normalized spacial score (nSPS) is 49.6. The number of hydrogen-bond donors (Lipinski definition) is 0. The summed E-state index contributed by atoms with van der Waals surface area (Å²) in [5, 5.41) is 0. The van der Waals surface area contributed by atoms with E-state index in [9.17, 15) is 24.0 Å². The molecule has 10 aliphatic carbocycles. The van der Waals surface area contributed by atoms with Crippen LogP contribution in [0.5, 0.6) is 0 Å². The average molecular weight is 663 g/mol. The Morgan fingerprint density at radius 2 is 0.812 bits per heavy atom. The van der Waals surface area contributed by atoms with E-state index in [2.05, 4.69) is 69.2 Å². The van der Waals surface area contributed by atoms with E-state index in [4.69, 9.17) is 0 Å². The van der Waals surface area contributed by atoms with Gasteiger partial charge in [-0.25, -0.2) is 0 Å². The molecule has 2 unspecified atom stereocenters. The average Bonchev–Trinajstić information content (AvgIpc) is 3.48. The van der Waals surface area contributed by atoms with Crippen LogP contribution in [0.2, 0.25) is 0 Å². The monoisotopic (exact) mass is 662 g/mol. The fourth-order valence-corrected chi connectivity index (χ4v) is 12.5. The molecule has 0 aliphatic heterocycles. The van der Waals surface area contributed by atoms with E-state index in [0.717, 1.165) is 129 Å². The molecular formula is C43H66O5. The SMILES string of the molecule is CC1(C)C2CCC(=O)C21.CC1(C)[C@@H]2CC(=O)C[C@@H]21.C[C@@H]1[C@H](C)[C@@H]2CC(=O)C[C@H]12.C[C@@H]1[C@H](C)[C@H]2CC(=O)C[C@@H]12.C[C@@]12CC[C@]1(C)CC(=O)C2. The molecule has 10 fully saturated rings. The lowest BCUT2D eigenvalue weighted by Gasteiger charge is -2.51. The van der Waals surface area contributed by atoms with Crippen molar-refractivity contribution in [3.05, 3.63) is 0 Å². The zero-order chi connectivity index (χ0) is 35.3. The van der Waals surface area contributed by atoms with Gasteiger partial charge in [-0.15, -0.1) is 0 Å². The number of ketones is 5. The van der Waals surface area contributed by atoms with E-state index in [-0.39, 0.29) is 0 Å². The molecule has 48 heavy (non-hydrogen) atoms. The van der Waals surface area contributed by atoms with Gasteiger partial charge in [-0.3, -0.25) is 24.0 Å². The number of hydrogen-bond acceptors (Lipinski definition) is 5. The summed E-state index contributed by atoms with van der Waals surface area (Å²) in [6.07, 6.45) is 11.6. The highest BCUT2D eigenvalue weighted by atomic mass is 16.1. The molecule has 0 spiro atoms. The van der Waals surface area contributed by atoms with Crippen molar-refractivity contribution in [2.24, 2.45) is 92.7 Å². The fourth-order valence-electron chi connectivity index (χ4n) is 12.5. The summed E-state index contributed by atoms with van der Waals surface area (Å²) in [6, 6.07) is 0. The van der Waals surface area contributed by atoms with Gasteiger partial charge in [-0.05, 0) is 106 Å². The van der Waals surface area contributed by atoms with Gasteiger partial charge in [0.2, 0.25) is 0 Å². The Bertz CT molecular complexity index is 1240. The van der Waals surface area contributed by atoms with Crippen molar-refractivity contribution in [1.29, 1.82) is 0 Å². The van der Waals surface area contributed by atoms with Crippen molar-refractivity contribution < 1.29 is 24.0 Å². The molecule has 10 aliphatic rings. The van der Waals surface area contributed by atoms with Crippen LogP contribution in [0.4, 0.5) is 0 Å². The summed E-state index contributed by atoms with van der Waals surface area (Å²) >= 11 is 0. The van der Waals surface area contributed by atoms with E-state index < -0.39 is 0 Å². The van der Waals surface area contributed by atoms with Crippen LogP contribution < -0.4 is 0 Å². The lowest BCUT2D eigenvalue weighted by atomic mass is 9.53. The van der Waals surface area contributed by atoms with Crippen molar-refractivity contribution in [2.45, 2.75) is 146 Å². The molecule has 14 atom stereocenters. The fraction of sp³-hybridized carbons (Fsp3) is 0.884. The quantitative estimate of drug-likeness (QED) is 0.258. The summed E-state index contributed by atoms with van der Waals surface area (Å²) in [5.41, 5.74) is 1.69. The maximum absolute atomic E-state index is 11.1. The molecule has 0 heterocycles. The summed E-state index contributed by atoms with van der Waals surface area (Å²) in [4.78, 5) is 54.9. The summed E-state index contributed by atoms with van der Waals surface area (Å²) in [6.45, 7) is 22.6. The minimum Gasteiger partial charge on any atom is -0.300 e. The van der Waals surface area contributed by atoms with Gasteiger partial charge in [0.15, 0.2) is 0 Å². The number of carbonyl (C=O) groups is 5. The van der Waals surface area contributed by atoms with Crippen molar-refractivity contribution in [3.63, 3.8) is 0 Å². The van der Waals surface area contributed by atoms with Gasteiger partial charge in [0.25, 0.3) is 0 Å². The standard InChI is InChI=1S/3C9H14O.2C8H12O/c2*1-5-6(2)9-4-7(10)3-8(5)9;1-8-3-4-9(8,2)6-7(10)5-8;1-8(2)6-3-5(9)4-7(6)8;1-8(2)5-3-4-6(9)7(5)8/h2*5-6,8-9H,3-4H2,1-2H3;3-6H2,1-2H3;6-7H,3-4H2,1-2H3;5,7H,3-4H2,1-2H3/t5-,6+,8+,9-;5-,6+,8-,9+;8-,9+;6-,7+;. The van der Waals surface area contributed by atoms with Crippen LogP contribution in [-0.2, 0) is 24.0 Å². The Morgan fingerprint density at radius 3 is 1.04 bits per heavy atom. The predicted octanol–water partition coefficient (Wildman–Crippen LogP) is 9.13. The van der Waals surface area contributed by atoms with Crippen LogP contribution in [0.15, 0.2) is 0 Å². The summed E-state index contributed by atoms with van der Waals surface area (Å²) in [7, 11) is 0. The lowest BCUT2D eigenvalue weighted by molar-refractivity contribution is -0.120. The van der Waals surface area contributed by atoms with Crippen LogP contribution in [0, 0.1) is 92.7 Å². The molecular weight excluding hydrogens is 596 g/mol. The minimum absolute atomic E-state index is 0.384. The highest BCUT2D eigenvalue weighted by Gasteiger charge is 2.64. The molecule has 268 valence electrons. The molecule has 0 saturated heterocycles. The van der Waals surface area contributed by atoms with Gasteiger partial charge in [-0.1, -0.05) is 69.2 Å². The first kappa shape index (κ1) is 36.2. The number of Topliss-reactive ketones (excluding diaryl/α,β-unsaturated/α-hetero) is 5. The summed E-state index contributed by atoms with van der Waals surface area (Å²) in [5.74, 6) is 11.6. The van der Waals surface area contributed by atoms with E-state index in [1.165, 1.54) is 12.8 Å². The highest BCUT2D eigenvalue weighted by molar-refractivity contribution is 5.88. The van der Waals surface area contributed by atoms with Crippen molar-refractivity contribution in [1.82, 2.24) is 0 Å². The van der Waals surface area contributed by atoms with Crippen LogP contribution in [0.1, 0.15) is 146 Å². The topological polar surface area (TPSA) is 85.3 Å². The van der Waals surface area contributed by atoms with Crippen molar-refractivity contribution in [2.75, 3.05) is 0 Å². The molecule has 0 aromatic rings. The Balaban J connectivity index is 0.000000105. The second kappa shape index (κ2) is 12.2. The number of fused-ring (bicyclic) bond motifs is 5. The van der Waals surface area contributed by atoms with E-state index >= 15 is 0 Å². The van der Waals surface area contributed by atoms with Crippen molar-refractivity contribution in [3.8, 4) is 0 Å². The van der Waals surface area contributed by atoms with E-state index in [0.29, 0.717) is 56.5 Å². The molecule has 5 heteroatoms. The Labute approximate surface area is 291 Å². The third-order valence-corrected chi connectivity index (χ3v) is 17.5. The molecule has 0 amide bonds. The molecule has 10 saturated carbocycles. The second-order valence-corrected chi connectivity index (χ2v) is 20.4. The minimum atomic E-state index is 0.384. The maximum Gasteiger partial charge on any atom is 0.136 e. The van der Waals surface area contributed by atoms with E-state index in [1.54, 1.807) is 0 Å². The molecule has 0 bridgehead atoms. The molecule has 0 radical (unpaired) electrons. The number of carbonyl (C=O) groups excluding carboxylic acids is 5. The molecule has 0 aromatic carbocycles.